The van der Waals surface area contributed by atoms with Crippen molar-refractivity contribution in [1.29, 1.82) is 0 Å². The van der Waals surface area contributed by atoms with Crippen LogP contribution in [0.3, 0.4) is 0 Å². The summed E-state index contributed by atoms with van der Waals surface area (Å²) in [4.78, 5) is 21.6. The Balaban J connectivity index is 2.79. The fourth-order valence-corrected chi connectivity index (χ4v) is 1.74. The number of carboxylic acid groups (broad SMARTS) is 1. The number of aliphatic carboxylic acids is 1. The molecule has 7 heteroatoms. The highest BCUT2D eigenvalue weighted by molar-refractivity contribution is 5.78. The van der Waals surface area contributed by atoms with E-state index in [-0.39, 0.29) is 12.3 Å². The third-order valence-electron chi connectivity index (χ3n) is 3.13. The Morgan fingerprint density at radius 1 is 1.52 bits per heavy atom. The minimum absolute atomic E-state index is 0.00690. The van der Waals surface area contributed by atoms with Crippen molar-refractivity contribution in [2.75, 3.05) is 13.2 Å². The molecule has 0 spiro atoms. The lowest BCUT2D eigenvalue weighted by Crippen LogP contribution is -2.54. The lowest BCUT2D eigenvalue weighted by molar-refractivity contribution is -0.385. The third kappa shape index (κ3) is 4.42. The molecule has 0 bridgehead atoms. The van der Waals surface area contributed by atoms with Crippen LogP contribution in [-0.2, 0) is 4.79 Å². The summed E-state index contributed by atoms with van der Waals surface area (Å²) in [5.74, 6) is -0.599. The largest absolute Gasteiger partial charge is 0.491 e. The first kappa shape index (κ1) is 16.9. The summed E-state index contributed by atoms with van der Waals surface area (Å²) >= 11 is 0. The summed E-state index contributed by atoms with van der Waals surface area (Å²) < 4.78 is 5.48. The molecular formula is C14H20N2O5. The molecule has 0 saturated heterocycles. The van der Waals surface area contributed by atoms with E-state index in [1.54, 1.807) is 13.8 Å². The van der Waals surface area contributed by atoms with Crippen molar-refractivity contribution >= 4 is 11.7 Å². The molecule has 0 aliphatic rings. The van der Waals surface area contributed by atoms with Gasteiger partial charge in [-0.05, 0) is 38.9 Å². The predicted molar refractivity (Wildman–Crippen MR) is 77.7 cm³/mol. The van der Waals surface area contributed by atoms with Crippen LogP contribution in [0.4, 0.5) is 5.69 Å². The Hall–Kier alpha value is -2.15. The summed E-state index contributed by atoms with van der Waals surface area (Å²) in [7, 11) is 0. The Morgan fingerprint density at radius 2 is 2.19 bits per heavy atom. The number of rotatable bonds is 8. The SMILES string of the molecule is CCCNC(C)(COc1ccc([N+](=O)[O-])c(C)c1)C(=O)O. The van der Waals surface area contributed by atoms with E-state index >= 15 is 0 Å². The van der Waals surface area contributed by atoms with Crippen LogP contribution in [0, 0.1) is 17.0 Å². The molecule has 1 atom stereocenters. The molecule has 1 rings (SSSR count). The Bertz CT molecular complexity index is 532. The van der Waals surface area contributed by atoms with Crippen LogP contribution < -0.4 is 10.1 Å². The van der Waals surface area contributed by atoms with Crippen molar-refractivity contribution < 1.29 is 19.6 Å². The van der Waals surface area contributed by atoms with Crippen molar-refractivity contribution in [2.24, 2.45) is 0 Å². The van der Waals surface area contributed by atoms with E-state index in [9.17, 15) is 20.0 Å². The lowest BCUT2D eigenvalue weighted by Gasteiger charge is -2.26. The third-order valence-corrected chi connectivity index (χ3v) is 3.13. The average molecular weight is 296 g/mol. The van der Waals surface area contributed by atoms with Gasteiger partial charge in [-0.2, -0.15) is 0 Å². The van der Waals surface area contributed by atoms with Crippen molar-refractivity contribution in [3.63, 3.8) is 0 Å². The van der Waals surface area contributed by atoms with Crippen LogP contribution in [0.15, 0.2) is 18.2 Å². The molecule has 1 aromatic carbocycles. The Morgan fingerprint density at radius 3 is 2.67 bits per heavy atom. The smallest absolute Gasteiger partial charge is 0.327 e. The van der Waals surface area contributed by atoms with Gasteiger partial charge in [0.15, 0.2) is 0 Å². The topological polar surface area (TPSA) is 102 Å². The molecule has 2 N–H and O–H groups in total. The number of carboxylic acids is 1. The molecule has 21 heavy (non-hydrogen) atoms. The maximum Gasteiger partial charge on any atom is 0.327 e. The lowest BCUT2D eigenvalue weighted by atomic mass is 10.0. The van der Waals surface area contributed by atoms with E-state index in [4.69, 9.17) is 4.74 Å². The zero-order valence-electron chi connectivity index (χ0n) is 12.4. The highest BCUT2D eigenvalue weighted by atomic mass is 16.6. The summed E-state index contributed by atoms with van der Waals surface area (Å²) in [5.41, 5.74) is -0.727. The van der Waals surface area contributed by atoms with Gasteiger partial charge in [0.1, 0.15) is 17.9 Å². The number of hydrogen-bond acceptors (Lipinski definition) is 5. The van der Waals surface area contributed by atoms with Crippen LogP contribution in [0.5, 0.6) is 5.75 Å². The maximum atomic E-state index is 11.3. The summed E-state index contributed by atoms with van der Waals surface area (Å²) in [6, 6.07) is 4.34. The van der Waals surface area contributed by atoms with E-state index in [1.165, 1.54) is 18.2 Å². The zero-order valence-corrected chi connectivity index (χ0v) is 12.4. The first-order valence-corrected chi connectivity index (χ1v) is 6.66. The van der Waals surface area contributed by atoms with E-state index in [0.717, 1.165) is 6.42 Å². The Labute approximate surface area is 123 Å². The van der Waals surface area contributed by atoms with Crippen molar-refractivity contribution in [2.45, 2.75) is 32.7 Å². The van der Waals surface area contributed by atoms with Gasteiger partial charge in [-0.3, -0.25) is 20.2 Å². The van der Waals surface area contributed by atoms with Crippen molar-refractivity contribution in [3.8, 4) is 5.75 Å². The number of carbonyl (C=O) groups is 1. The quantitative estimate of drug-likeness (QED) is 0.563. The number of aryl methyl sites for hydroxylation is 1. The summed E-state index contributed by atoms with van der Waals surface area (Å²) in [6.45, 7) is 5.58. The second-order valence-corrected chi connectivity index (χ2v) is 5.06. The van der Waals surface area contributed by atoms with Gasteiger partial charge in [-0.1, -0.05) is 6.92 Å². The molecule has 116 valence electrons. The van der Waals surface area contributed by atoms with E-state index in [1.807, 2.05) is 6.92 Å². The van der Waals surface area contributed by atoms with Gasteiger partial charge in [-0.15, -0.1) is 0 Å². The molecule has 0 amide bonds. The summed E-state index contributed by atoms with van der Waals surface area (Å²) in [6.07, 6.45) is 0.805. The molecule has 1 unspecified atom stereocenters. The number of benzene rings is 1. The van der Waals surface area contributed by atoms with Gasteiger partial charge < -0.3 is 9.84 Å². The number of nitro benzene ring substituents is 1. The van der Waals surface area contributed by atoms with E-state index in [0.29, 0.717) is 17.9 Å². The fraction of sp³-hybridized carbons (Fsp3) is 0.500. The van der Waals surface area contributed by atoms with E-state index in [2.05, 4.69) is 5.32 Å². The molecule has 1 aromatic rings. The van der Waals surface area contributed by atoms with Crippen molar-refractivity contribution in [3.05, 3.63) is 33.9 Å². The minimum Gasteiger partial charge on any atom is -0.491 e. The van der Waals surface area contributed by atoms with Crippen LogP contribution in [0.2, 0.25) is 0 Å². The second-order valence-electron chi connectivity index (χ2n) is 5.06. The number of nitro groups is 1. The predicted octanol–water partition coefficient (Wildman–Crippen LogP) is 2.12. The zero-order chi connectivity index (χ0) is 16.0. The minimum atomic E-state index is -1.20. The van der Waals surface area contributed by atoms with Crippen molar-refractivity contribution in [1.82, 2.24) is 5.32 Å². The average Bonchev–Trinajstić information content (AvgIpc) is 2.42. The molecule has 0 aliphatic carbocycles. The first-order chi connectivity index (χ1) is 9.80. The van der Waals surface area contributed by atoms with Gasteiger partial charge >= 0.3 is 5.97 Å². The molecule has 0 aromatic heterocycles. The summed E-state index contributed by atoms with van der Waals surface area (Å²) in [5, 5.41) is 22.9. The van der Waals surface area contributed by atoms with Gasteiger partial charge in [0.2, 0.25) is 0 Å². The molecule has 0 aliphatic heterocycles. The van der Waals surface area contributed by atoms with Gasteiger partial charge in [0.25, 0.3) is 5.69 Å². The highest BCUT2D eigenvalue weighted by Crippen LogP contribution is 2.23. The van der Waals surface area contributed by atoms with Crippen LogP contribution in [0.1, 0.15) is 25.8 Å². The van der Waals surface area contributed by atoms with E-state index < -0.39 is 16.4 Å². The molecule has 0 heterocycles. The van der Waals surface area contributed by atoms with Crippen LogP contribution in [0.25, 0.3) is 0 Å². The number of ether oxygens (including phenoxy) is 1. The van der Waals surface area contributed by atoms with Gasteiger partial charge in [0.05, 0.1) is 4.92 Å². The maximum absolute atomic E-state index is 11.3. The normalized spacial score (nSPS) is 13.5. The number of hydrogen-bond donors (Lipinski definition) is 2. The van der Waals surface area contributed by atoms with Crippen LogP contribution in [-0.4, -0.2) is 34.7 Å². The first-order valence-electron chi connectivity index (χ1n) is 6.66. The molecular weight excluding hydrogens is 276 g/mol. The second kappa shape index (κ2) is 7.03. The van der Waals surface area contributed by atoms with Gasteiger partial charge in [0, 0.05) is 11.6 Å². The fourth-order valence-electron chi connectivity index (χ4n) is 1.74. The standard InChI is InChI=1S/C14H20N2O5/c1-4-7-15-14(3,13(17)18)9-21-11-5-6-12(16(19)20)10(2)8-11/h5-6,8,15H,4,7,9H2,1-3H3,(H,17,18). The molecule has 0 saturated carbocycles. The highest BCUT2D eigenvalue weighted by Gasteiger charge is 2.33. The monoisotopic (exact) mass is 296 g/mol. The molecule has 7 nitrogen and oxygen atoms in total. The number of nitrogens with zero attached hydrogens (tertiary/aromatic N) is 1. The Kier molecular flexibility index (Phi) is 5.66. The molecule has 0 radical (unpaired) electrons. The van der Waals surface area contributed by atoms with Gasteiger partial charge in [-0.25, -0.2) is 0 Å². The number of nitrogens with one attached hydrogen (secondary N) is 1. The molecule has 0 fully saturated rings. The van der Waals surface area contributed by atoms with Crippen LogP contribution >= 0.6 is 0 Å².